The van der Waals surface area contributed by atoms with Crippen molar-refractivity contribution in [3.8, 4) is 5.75 Å². The number of benzene rings is 2. The lowest BCUT2D eigenvalue weighted by molar-refractivity contribution is -0.130. The Morgan fingerprint density at radius 3 is 2.67 bits per heavy atom. The molecule has 2 fully saturated rings. The monoisotopic (exact) mass is 452 g/mol. The quantitative estimate of drug-likeness (QED) is 0.564. The molecule has 0 spiro atoms. The summed E-state index contributed by atoms with van der Waals surface area (Å²) in [5.74, 6) is -0.111. The summed E-state index contributed by atoms with van der Waals surface area (Å²) in [6.45, 7) is 4.82. The maximum atomic E-state index is 12.6. The van der Waals surface area contributed by atoms with Crippen LogP contribution in [0.1, 0.15) is 12.0 Å². The van der Waals surface area contributed by atoms with Gasteiger partial charge in [0.1, 0.15) is 18.4 Å². The van der Waals surface area contributed by atoms with E-state index in [9.17, 15) is 14.4 Å². The number of ether oxygens (including phenoxy) is 2. The Labute approximate surface area is 192 Å². The molecule has 9 heteroatoms. The van der Waals surface area contributed by atoms with Gasteiger partial charge in [0.15, 0.2) is 0 Å². The van der Waals surface area contributed by atoms with Crippen molar-refractivity contribution in [2.24, 2.45) is 0 Å². The minimum absolute atomic E-state index is 0.141. The number of anilines is 1. The minimum Gasteiger partial charge on any atom is -0.492 e. The zero-order valence-electron chi connectivity index (χ0n) is 18.4. The van der Waals surface area contributed by atoms with Crippen molar-refractivity contribution in [1.82, 2.24) is 15.1 Å². The SMILES string of the molecule is O=C(CC1NC(=O)N(Cc2ccccc2)C1=O)Nc1cccc(OCCN2CCOCC2)c1. The van der Waals surface area contributed by atoms with Crippen LogP contribution >= 0.6 is 0 Å². The van der Waals surface area contributed by atoms with E-state index in [0.29, 0.717) is 18.0 Å². The standard InChI is InChI=1S/C24H28N4O5/c29-22(16-21-23(30)28(24(31)26-21)17-18-5-2-1-3-6-18)25-19-7-4-8-20(15-19)33-14-11-27-9-12-32-13-10-27/h1-8,15,21H,9-14,16-17H2,(H,25,29)(H,26,31). The summed E-state index contributed by atoms with van der Waals surface area (Å²) in [4.78, 5) is 40.8. The number of nitrogens with one attached hydrogen (secondary N) is 2. The van der Waals surface area contributed by atoms with E-state index >= 15 is 0 Å². The number of carbonyl (C=O) groups excluding carboxylic acids is 3. The molecule has 174 valence electrons. The van der Waals surface area contributed by atoms with Crippen LogP contribution in [0.2, 0.25) is 0 Å². The van der Waals surface area contributed by atoms with Crippen LogP contribution < -0.4 is 15.4 Å². The van der Waals surface area contributed by atoms with Crippen LogP contribution in [0.3, 0.4) is 0 Å². The van der Waals surface area contributed by atoms with Gasteiger partial charge in [0.2, 0.25) is 5.91 Å². The molecule has 2 aliphatic heterocycles. The molecule has 33 heavy (non-hydrogen) atoms. The van der Waals surface area contributed by atoms with Gasteiger partial charge in [0.25, 0.3) is 5.91 Å². The molecule has 9 nitrogen and oxygen atoms in total. The molecule has 2 N–H and O–H groups in total. The number of urea groups is 1. The van der Waals surface area contributed by atoms with Gasteiger partial charge in [-0.2, -0.15) is 0 Å². The molecule has 2 aromatic carbocycles. The lowest BCUT2D eigenvalue weighted by Gasteiger charge is -2.26. The van der Waals surface area contributed by atoms with E-state index in [2.05, 4.69) is 15.5 Å². The molecule has 1 atom stereocenters. The number of hydrogen-bond donors (Lipinski definition) is 2. The highest BCUT2D eigenvalue weighted by Gasteiger charge is 2.38. The number of rotatable bonds is 9. The molecule has 0 radical (unpaired) electrons. The first-order chi connectivity index (χ1) is 16.1. The van der Waals surface area contributed by atoms with Gasteiger partial charge in [-0.05, 0) is 17.7 Å². The third-order valence-corrected chi connectivity index (χ3v) is 5.58. The zero-order valence-corrected chi connectivity index (χ0v) is 18.4. The predicted molar refractivity (Wildman–Crippen MR) is 122 cm³/mol. The van der Waals surface area contributed by atoms with Crippen LogP contribution in [0.4, 0.5) is 10.5 Å². The summed E-state index contributed by atoms with van der Waals surface area (Å²) in [7, 11) is 0. The van der Waals surface area contributed by atoms with Crippen LogP contribution in [0.5, 0.6) is 5.75 Å². The third kappa shape index (κ3) is 6.30. The van der Waals surface area contributed by atoms with Gasteiger partial charge in [-0.15, -0.1) is 0 Å². The fraction of sp³-hybridized carbons (Fsp3) is 0.375. The first-order valence-electron chi connectivity index (χ1n) is 11.1. The van der Waals surface area contributed by atoms with Crippen LogP contribution in [-0.2, 0) is 20.9 Å². The maximum absolute atomic E-state index is 12.6. The number of morpholine rings is 1. The zero-order chi connectivity index (χ0) is 23.0. The first-order valence-corrected chi connectivity index (χ1v) is 11.1. The lowest BCUT2D eigenvalue weighted by Crippen LogP contribution is -2.38. The van der Waals surface area contributed by atoms with Crippen molar-refractivity contribution in [1.29, 1.82) is 0 Å². The van der Waals surface area contributed by atoms with Gasteiger partial charge in [-0.1, -0.05) is 36.4 Å². The van der Waals surface area contributed by atoms with E-state index in [0.717, 1.165) is 43.3 Å². The van der Waals surface area contributed by atoms with E-state index in [-0.39, 0.29) is 18.9 Å². The summed E-state index contributed by atoms with van der Waals surface area (Å²) in [5.41, 5.74) is 1.42. The molecule has 2 saturated heterocycles. The summed E-state index contributed by atoms with van der Waals surface area (Å²) in [5, 5.41) is 5.38. The molecule has 0 bridgehead atoms. The van der Waals surface area contributed by atoms with Crippen LogP contribution in [0, 0.1) is 0 Å². The van der Waals surface area contributed by atoms with Gasteiger partial charge < -0.3 is 20.1 Å². The first kappa shape index (κ1) is 22.8. The van der Waals surface area contributed by atoms with Crippen LogP contribution in [-0.4, -0.2) is 73.1 Å². The molecule has 0 aromatic heterocycles. The fourth-order valence-corrected chi connectivity index (χ4v) is 3.81. The summed E-state index contributed by atoms with van der Waals surface area (Å²) >= 11 is 0. The Morgan fingerprint density at radius 1 is 1.09 bits per heavy atom. The van der Waals surface area contributed by atoms with E-state index < -0.39 is 18.0 Å². The van der Waals surface area contributed by atoms with Crippen LogP contribution in [0.15, 0.2) is 54.6 Å². The van der Waals surface area contributed by atoms with Crippen molar-refractivity contribution < 1.29 is 23.9 Å². The Morgan fingerprint density at radius 2 is 1.88 bits per heavy atom. The van der Waals surface area contributed by atoms with Crippen molar-refractivity contribution >= 4 is 23.5 Å². The highest BCUT2D eigenvalue weighted by atomic mass is 16.5. The van der Waals surface area contributed by atoms with E-state index in [4.69, 9.17) is 9.47 Å². The highest BCUT2D eigenvalue weighted by Crippen LogP contribution is 2.19. The van der Waals surface area contributed by atoms with Gasteiger partial charge in [-0.3, -0.25) is 19.4 Å². The minimum atomic E-state index is -0.880. The van der Waals surface area contributed by atoms with Crippen LogP contribution in [0.25, 0.3) is 0 Å². The highest BCUT2D eigenvalue weighted by molar-refractivity contribution is 6.06. The Bertz CT molecular complexity index is 978. The molecule has 2 aromatic rings. The summed E-state index contributed by atoms with van der Waals surface area (Å²) in [6.07, 6.45) is -0.141. The maximum Gasteiger partial charge on any atom is 0.325 e. The molecular weight excluding hydrogens is 424 g/mol. The molecule has 0 saturated carbocycles. The van der Waals surface area contributed by atoms with Crippen molar-refractivity contribution in [2.45, 2.75) is 19.0 Å². The van der Waals surface area contributed by atoms with Crippen molar-refractivity contribution in [3.05, 3.63) is 60.2 Å². The van der Waals surface area contributed by atoms with Gasteiger partial charge in [-0.25, -0.2) is 4.79 Å². The van der Waals surface area contributed by atoms with E-state index in [1.165, 1.54) is 0 Å². The molecule has 4 amide bonds. The topological polar surface area (TPSA) is 100 Å². The fourth-order valence-electron chi connectivity index (χ4n) is 3.81. The van der Waals surface area contributed by atoms with E-state index in [1.54, 1.807) is 18.2 Å². The van der Waals surface area contributed by atoms with E-state index in [1.807, 2.05) is 36.4 Å². The lowest BCUT2D eigenvalue weighted by atomic mass is 10.1. The Kier molecular flexibility index (Phi) is 7.54. The summed E-state index contributed by atoms with van der Waals surface area (Å²) in [6, 6.07) is 15.0. The number of carbonyl (C=O) groups is 3. The normalized spacial score (nSPS) is 18.8. The number of nitrogens with zero attached hydrogens (tertiary/aromatic N) is 2. The second kappa shape index (κ2) is 10.9. The number of imide groups is 1. The molecule has 2 heterocycles. The second-order valence-electron chi connectivity index (χ2n) is 7.99. The third-order valence-electron chi connectivity index (χ3n) is 5.58. The summed E-state index contributed by atoms with van der Waals surface area (Å²) < 4.78 is 11.2. The predicted octanol–water partition coefficient (Wildman–Crippen LogP) is 1.85. The number of amides is 4. The molecule has 4 rings (SSSR count). The largest absolute Gasteiger partial charge is 0.492 e. The Balaban J connectivity index is 1.25. The smallest absolute Gasteiger partial charge is 0.325 e. The van der Waals surface area contributed by atoms with Crippen molar-refractivity contribution in [3.63, 3.8) is 0 Å². The molecule has 2 aliphatic rings. The van der Waals surface area contributed by atoms with Gasteiger partial charge in [0, 0.05) is 31.4 Å². The number of hydrogen-bond acceptors (Lipinski definition) is 6. The molecule has 1 unspecified atom stereocenters. The van der Waals surface area contributed by atoms with Gasteiger partial charge in [0.05, 0.1) is 26.2 Å². The second-order valence-corrected chi connectivity index (χ2v) is 7.99. The van der Waals surface area contributed by atoms with Crippen molar-refractivity contribution in [2.75, 3.05) is 44.8 Å². The molecular formula is C24H28N4O5. The average molecular weight is 453 g/mol. The average Bonchev–Trinajstić information content (AvgIpc) is 3.08. The molecule has 0 aliphatic carbocycles. The Hall–Kier alpha value is -3.43. The van der Waals surface area contributed by atoms with Gasteiger partial charge >= 0.3 is 6.03 Å².